The van der Waals surface area contributed by atoms with Crippen LogP contribution in [0.1, 0.15) is 26.4 Å². The first-order valence-corrected chi connectivity index (χ1v) is 8.41. The fraction of sp³-hybridized carbons (Fsp3) is 0.167. The van der Waals surface area contributed by atoms with Crippen molar-refractivity contribution in [2.75, 3.05) is 4.90 Å². The maximum atomic E-state index is 13.1. The van der Waals surface area contributed by atoms with Gasteiger partial charge in [0.2, 0.25) is 0 Å². The van der Waals surface area contributed by atoms with Gasteiger partial charge in [0.05, 0.1) is 11.3 Å². The molecule has 0 saturated heterocycles. The molecule has 4 rings (SSSR count). The van der Waals surface area contributed by atoms with Gasteiger partial charge in [0, 0.05) is 23.2 Å². The van der Waals surface area contributed by atoms with Gasteiger partial charge in [-0.2, -0.15) is 13.2 Å². The maximum absolute atomic E-state index is 13.1. The Morgan fingerprint density at radius 2 is 1.72 bits per heavy atom. The molecule has 0 saturated carbocycles. The largest absolute Gasteiger partial charge is 0.416 e. The molecule has 3 aromatic rings. The minimum absolute atomic E-state index is 0.294. The normalized spacial score (nSPS) is 14.1. The first-order valence-electron chi connectivity index (χ1n) is 7.60. The van der Waals surface area contributed by atoms with Gasteiger partial charge in [0.25, 0.3) is 5.91 Å². The summed E-state index contributed by atoms with van der Waals surface area (Å²) in [4.78, 5) is 14.1. The number of alkyl halides is 3. The second-order valence-corrected chi connectivity index (χ2v) is 7.03. The van der Waals surface area contributed by atoms with Crippen LogP contribution < -0.4 is 10.6 Å². The Hall–Kier alpha value is -2.54. The number of anilines is 1. The van der Waals surface area contributed by atoms with E-state index in [4.69, 9.17) is 5.73 Å². The summed E-state index contributed by atoms with van der Waals surface area (Å²) < 4.78 is 39.9. The quantitative estimate of drug-likeness (QED) is 0.728. The lowest BCUT2D eigenvalue weighted by Gasteiger charge is -2.19. The van der Waals surface area contributed by atoms with E-state index >= 15 is 0 Å². The van der Waals surface area contributed by atoms with Crippen LogP contribution in [-0.4, -0.2) is 5.91 Å². The topological polar surface area (TPSA) is 46.3 Å². The average molecular weight is 362 g/mol. The Kier molecular flexibility index (Phi) is 3.50. The van der Waals surface area contributed by atoms with Crippen LogP contribution in [0, 0.1) is 0 Å². The number of hydrogen-bond acceptors (Lipinski definition) is 3. The average Bonchev–Trinajstić information content (AvgIpc) is 3.14. The SMILES string of the molecule is NC(=O)c1sc2ccc(C(F)(F)F)cc2c1N1Cc2ccccc2C1. The predicted molar refractivity (Wildman–Crippen MR) is 91.7 cm³/mol. The van der Waals surface area contributed by atoms with Gasteiger partial charge in [-0.1, -0.05) is 24.3 Å². The molecule has 0 unspecified atom stereocenters. The second kappa shape index (κ2) is 5.49. The molecule has 0 fully saturated rings. The minimum Gasteiger partial charge on any atom is -0.365 e. The Morgan fingerprint density at radius 3 is 2.28 bits per heavy atom. The molecule has 1 aliphatic heterocycles. The number of halogens is 3. The maximum Gasteiger partial charge on any atom is 0.416 e. The van der Waals surface area contributed by atoms with Gasteiger partial charge in [-0.15, -0.1) is 11.3 Å². The number of fused-ring (bicyclic) bond motifs is 2. The molecule has 1 aromatic heterocycles. The highest BCUT2D eigenvalue weighted by Crippen LogP contribution is 2.43. The van der Waals surface area contributed by atoms with E-state index in [9.17, 15) is 18.0 Å². The summed E-state index contributed by atoms with van der Waals surface area (Å²) in [7, 11) is 0. The van der Waals surface area contributed by atoms with Crippen molar-refractivity contribution in [1.29, 1.82) is 0 Å². The van der Waals surface area contributed by atoms with Crippen LogP contribution in [-0.2, 0) is 19.3 Å². The molecule has 3 nitrogen and oxygen atoms in total. The fourth-order valence-electron chi connectivity index (χ4n) is 3.23. The van der Waals surface area contributed by atoms with Crippen LogP contribution in [0.25, 0.3) is 10.1 Å². The number of hydrogen-bond donors (Lipinski definition) is 1. The molecule has 1 aliphatic rings. The van der Waals surface area contributed by atoms with E-state index in [0.29, 0.717) is 33.7 Å². The van der Waals surface area contributed by atoms with E-state index in [1.54, 1.807) is 0 Å². The smallest absolute Gasteiger partial charge is 0.365 e. The molecular weight excluding hydrogens is 349 g/mol. The summed E-state index contributed by atoms with van der Waals surface area (Å²) in [6.45, 7) is 1.08. The summed E-state index contributed by atoms with van der Waals surface area (Å²) >= 11 is 1.13. The van der Waals surface area contributed by atoms with Crippen LogP contribution in [0.5, 0.6) is 0 Å². The molecule has 0 atom stereocenters. The third kappa shape index (κ3) is 2.64. The molecule has 25 heavy (non-hydrogen) atoms. The van der Waals surface area contributed by atoms with Crippen LogP contribution in [0.3, 0.4) is 0 Å². The third-order valence-electron chi connectivity index (χ3n) is 4.37. The number of nitrogens with two attached hydrogens (primary N) is 1. The molecule has 1 amide bonds. The van der Waals surface area contributed by atoms with Crippen molar-refractivity contribution < 1.29 is 18.0 Å². The number of benzene rings is 2. The molecule has 0 spiro atoms. The lowest BCUT2D eigenvalue weighted by atomic mass is 10.1. The van der Waals surface area contributed by atoms with E-state index in [0.717, 1.165) is 34.6 Å². The van der Waals surface area contributed by atoms with E-state index in [2.05, 4.69) is 0 Å². The van der Waals surface area contributed by atoms with Crippen molar-refractivity contribution in [3.05, 3.63) is 64.0 Å². The number of primary amides is 1. The van der Waals surface area contributed by atoms with Crippen LogP contribution in [0.2, 0.25) is 0 Å². The van der Waals surface area contributed by atoms with Crippen molar-refractivity contribution in [2.24, 2.45) is 5.73 Å². The van der Waals surface area contributed by atoms with Crippen molar-refractivity contribution in [3.63, 3.8) is 0 Å². The predicted octanol–water partition coefficient (Wildman–Crippen LogP) is 4.54. The third-order valence-corrected chi connectivity index (χ3v) is 5.54. The lowest BCUT2D eigenvalue weighted by molar-refractivity contribution is -0.137. The highest BCUT2D eigenvalue weighted by atomic mass is 32.1. The molecule has 7 heteroatoms. The van der Waals surface area contributed by atoms with Gasteiger partial charge in [-0.3, -0.25) is 4.79 Å². The molecule has 2 heterocycles. The Labute approximate surface area is 145 Å². The van der Waals surface area contributed by atoms with E-state index in [1.807, 2.05) is 29.2 Å². The standard InChI is InChI=1S/C18H13F3N2OS/c19-18(20,21)12-5-6-14-13(7-12)15(16(25-14)17(22)24)23-8-10-3-1-2-4-11(10)9-23/h1-7H,8-9H2,(H2,22,24). The Bertz CT molecular complexity index is 969. The lowest BCUT2D eigenvalue weighted by Crippen LogP contribution is -2.19. The first kappa shape index (κ1) is 16.0. The van der Waals surface area contributed by atoms with E-state index < -0.39 is 17.6 Å². The number of nitrogens with zero attached hydrogens (tertiary/aromatic N) is 1. The van der Waals surface area contributed by atoms with E-state index in [-0.39, 0.29) is 0 Å². The van der Waals surface area contributed by atoms with Gasteiger partial charge < -0.3 is 10.6 Å². The van der Waals surface area contributed by atoms with Crippen molar-refractivity contribution >= 4 is 33.0 Å². The Balaban J connectivity index is 1.89. The number of thiophene rings is 1. The van der Waals surface area contributed by atoms with Crippen molar-refractivity contribution in [1.82, 2.24) is 0 Å². The van der Waals surface area contributed by atoms with Gasteiger partial charge in [0.15, 0.2) is 0 Å². The first-order chi connectivity index (χ1) is 11.8. The van der Waals surface area contributed by atoms with Gasteiger partial charge >= 0.3 is 6.18 Å². The summed E-state index contributed by atoms with van der Waals surface area (Å²) in [5.41, 5.74) is 7.47. The molecule has 2 aromatic carbocycles. The van der Waals surface area contributed by atoms with Crippen LogP contribution in [0.4, 0.5) is 18.9 Å². The van der Waals surface area contributed by atoms with Gasteiger partial charge in [-0.05, 0) is 29.3 Å². The molecule has 0 bridgehead atoms. The van der Waals surface area contributed by atoms with Crippen LogP contribution in [0.15, 0.2) is 42.5 Å². The zero-order valence-corrected chi connectivity index (χ0v) is 13.7. The molecule has 0 aliphatic carbocycles. The monoisotopic (exact) mass is 362 g/mol. The zero-order valence-electron chi connectivity index (χ0n) is 12.9. The highest BCUT2D eigenvalue weighted by Gasteiger charge is 2.32. The number of carbonyl (C=O) groups excluding carboxylic acids is 1. The second-order valence-electron chi connectivity index (χ2n) is 5.98. The Morgan fingerprint density at radius 1 is 1.08 bits per heavy atom. The van der Waals surface area contributed by atoms with Gasteiger partial charge in [0.1, 0.15) is 4.88 Å². The van der Waals surface area contributed by atoms with Crippen LogP contribution >= 0.6 is 11.3 Å². The summed E-state index contributed by atoms with van der Waals surface area (Å²) in [5.74, 6) is -0.624. The molecule has 128 valence electrons. The highest BCUT2D eigenvalue weighted by molar-refractivity contribution is 7.21. The summed E-state index contributed by atoms with van der Waals surface area (Å²) in [6.07, 6.45) is -4.44. The summed E-state index contributed by atoms with van der Waals surface area (Å²) in [6, 6.07) is 11.4. The van der Waals surface area contributed by atoms with Gasteiger partial charge in [-0.25, -0.2) is 0 Å². The number of carbonyl (C=O) groups is 1. The minimum atomic E-state index is -4.44. The molecule has 2 N–H and O–H groups in total. The fourth-order valence-corrected chi connectivity index (χ4v) is 4.29. The zero-order chi connectivity index (χ0) is 17.8. The molecular formula is C18H13F3N2OS. The molecule has 0 radical (unpaired) electrons. The van der Waals surface area contributed by atoms with Crippen molar-refractivity contribution in [3.8, 4) is 0 Å². The van der Waals surface area contributed by atoms with Crippen molar-refractivity contribution in [2.45, 2.75) is 19.3 Å². The van der Waals surface area contributed by atoms with E-state index in [1.165, 1.54) is 6.07 Å². The number of amides is 1. The summed E-state index contributed by atoms with van der Waals surface area (Å²) in [5, 5.41) is 0.418. The number of rotatable bonds is 2.